The van der Waals surface area contributed by atoms with Crippen LogP contribution in [0.15, 0.2) is 24.3 Å². The first kappa shape index (κ1) is 42.8. The molecule has 4 N–H and O–H groups in total. The molecule has 0 bridgehead atoms. The summed E-state index contributed by atoms with van der Waals surface area (Å²) in [4.78, 5) is 69.4. The van der Waals surface area contributed by atoms with Crippen molar-refractivity contribution in [2.24, 2.45) is 23.2 Å². The number of hydrogen-bond acceptors (Lipinski definition) is 8. The van der Waals surface area contributed by atoms with E-state index in [2.05, 4.69) is 16.0 Å². The zero-order valence-electron chi connectivity index (χ0n) is 32.2. The molecule has 4 amide bonds. The Labute approximate surface area is 307 Å². The molecule has 52 heavy (non-hydrogen) atoms. The van der Waals surface area contributed by atoms with Gasteiger partial charge in [0.15, 0.2) is 0 Å². The predicted octanol–water partition coefficient (Wildman–Crippen LogP) is 2.61. The molecule has 8 atom stereocenters. The highest BCUT2D eigenvalue weighted by Gasteiger charge is 2.56. The standard InChI is InChI=1S/C38H60FN5O8/c1-10-23(4)33(43(7)31(46)20-41-36(48)32(40-6)22(2)3)29(51-8)18-30(45)44-21-38(15-16-38)19-28(44)34(52-9)24(5)35(47)42-27(37(49)50)17-25-13-11-12-14-26(25)39/h11-14,22-24,27-29,32-34,40H,10,15-21H2,1-9H3,(H,41,48)(H,42,47)(H,49,50)/t23-,24+,27-,28-,29+,32-,33-,34+/m0/s1. The van der Waals surface area contributed by atoms with Gasteiger partial charge in [0.05, 0.1) is 49.2 Å². The number of likely N-dealkylation sites (N-methyl/N-ethyl adjacent to an activating group) is 2. The van der Waals surface area contributed by atoms with Crippen molar-refractivity contribution in [1.82, 2.24) is 25.8 Å². The fraction of sp³-hybridized carbons (Fsp3) is 0.711. The Kier molecular flexibility index (Phi) is 15.6. The van der Waals surface area contributed by atoms with Crippen LogP contribution in [0, 0.1) is 29.0 Å². The number of hydrogen-bond donors (Lipinski definition) is 4. The third-order valence-electron chi connectivity index (χ3n) is 11.2. The van der Waals surface area contributed by atoms with E-state index in [9.17, 15) is 33.5 Å². The van der Waals surface area contributed by atoms with Crippen LogP contribution in [-0.4, -0.2) is 122 Å². The van der Waals surface area contributed by atoms with Gasteiger partial charge in [-0.25, -0.2) is 9.18 Å². The number of nitrogens with one attached hydrogen (secondary N) is 3. The number of aliphatic carboxylic acids is 1. The Morgan fingerprint density at radius 2 is 1.71 bits per heavy atom. The molecule has 1 spiro atoms. The third-order valence-corrected chi connectivity index (χ3v) is 11.2. The first-order valence-electron chi connectivity index (χ1n) is 18.4. The Morgan fingerprint density at radius 3 is 2.23 bits per heavy atom. The highest BCUT2D eigenvalue weighted by molar-refractivity contribution is 5.88. The van der Waals surface area contributed by atoms with Crippen molar-refractivity contribution in [3.8, 4) is 0 Å². The van der Waals surface area contributed by atoms with Crippen LogP contribution >= 0.6 is 0 Å². The molecule has 1 saturated heterocycles. The summed E-state index contributed by atoms with van der Waals surface area (Å²) in [6.07, 6.45) is 1.53. The van der Waals surface area contributed by atoms with E-state index < -0.39 is 60.0 Å². The number of amides is 4. The van der Waals surface area contributed by atoms with Gasteiger partial charge in [-0.15, -0.1) is 0 Å². The van der Waals surface area contributed by atoms with Gasteiger partial charge in [0, 0.05) is 34.2 Å². The molecule has 2 fully saturated rings. The summed E-state index contributed by atoms with van der Waals surface area (Å²) >= 11 is 0. The second-order valence-corrected chi connectivity index (χ2v) is 15.1. The topological polar surface area (TPSA) is 167 Å². The monoisotopic (exact) mass is 733 g/mol. The van der Waals surface area contributed by atoms with Crippen molar-refractivity contribution < 1.29 is 42.9 Å². The number of halogens is 1. The molecule has 1 aromatic rings. The number of carboxylic acids is 1. The number of carboxylic acid groups (broad SMARTS) is 1. The van der Waals surface area contributed by atoms with Crippen molar-refractivity contribution in [3.05, 3.63) is 35.6 Å². The number of methoxy groups -OCH3 is 2. The summed E-state index contributed by atoms with van der Waals surface area (Å²) in [7, 11) is 6.35. The highest BCUT2D eigenvalue weighted by Crippen LogP contribution is 2.56. The zero-order chi connectivity index (χ0) is 38.9. The molecule has 1 aliphatic heterocycles. The predicted molar refractivity (Wildman–Crippen MR) is 194 cm³/mol. The lowest BCUT2D eigenvalue weighted by Crippen LogP contribution is -2.55. The molecule has 0 radical (unpaired) electrons. The van der Waals surface area contributed by atoms with Crippen molar-refractivity contribution in [2.75, 3.05) is 41.4 Å². The fourth-order valence-corrected chi connectivity index (χ4v) is 7.64. The molecule has 2 aliphatic rings. The minimum atomic E-state index is -1.37. The van der Waals surface area contributed by atoms with Crippen LogP contribution < -0.4 is 16.0 Å². The van der Waals surface area contributed by atoms with Crippen molar-refractivity contribution in [2.45, 2.75) is 110 Å². The molecule has 0 aromatic heterocycles. The van der Waals surface area contributed by atoms with E-state index in [0.29, 0.717) is 19.4 Å². The van der Waals surface area contributed by atoms with Crippen LogP contribution in [0.3, 0.4) is 0 Å². The van der Waals surface area contributed by atoms with Crippen molar-refractivity contribution in [3.63, 3.8) is 0 Å². The van der Waals surface area contributed by atoms with Gasteiger partial charge in [-0.3, -0.25) is 19.2 Å². The van der Waals surface area contributed by atoms with Gasteiger partial charge < -0.3 is 40.3 Å². The van der Waals surface area contributed by atoms with E-state index in [1.165, 1.54) is 32.4 Å². The lowest BCUT2D eigenvalue weighted by Gasteiger charge is -2.39. The van der Waals surface area contributed by atoms with Gasteiger partial charge in [0.1, 0.15) is 11.9 Å². The second kappa shape index (κ2) is 18.9. The second-order valence-electron chi connectivity index (χ2n) is 15.1. The summed E-state index contributed by atoms with van der Waals surface area (Å²) in [5.74, 6) is -4.07. The van der Waals surface area contributed by atoms with E-state index >= 15 is 0 Å². The van der Waals surface area contributed by atoms with Crippen molar-refractivity contribution in [1.29, 1.82) is 0 Å². The molecular formula is C38H60FN5O8. The molecular weight excluding hydrogens is 673 g/mol. The molecule has 14 heteroatoms. The lowest BCUT2D eigenvalue weighted by molar-refractivity contribution is -0.147. The summed E-state index contributed by atoms with van der Waals surface area (Å²) in [6.45, 7) is 9.76. The maximum absolute atomic E-state index is 14.3. The number of carbonyl (C=O) groups excluding carboxylic acids is 4. The SMILES string of the molecule is CC[C@H](C)[C@@H]([C@@H](CC(=O)N1CC2(CC2)C[C@H]1[C@H](OC)[C@@H](C)C(=O)N[C@@H](Cc1ccccc1F)C(=O)O)OC)N(C)C(=O)CNC(=O)[C@@H](NC)C(C)C. The number of rotatable bonds is 20. The van der Waals surface area contributed by atoms with E-state index in [-0.39, 0.29) is 59.9 Å². The Hall–Kier alpha value is -3.62. The van der Waals surface area contributed by atoms with Crippen LogP contribution in [0.25, 0.3) is 0 Å². The molecule has 1 saturated carbocycles. The lowest BCUT2D eigenvalue weighted by atomic mass is 9.90. The summed E-state index contributed by atoms with van der Waals surface area (Å²) in [5, 5.41) is 18.1. The maximum atomic E-state index is 14.3. The van der Waals surface area contributed by atoms with E-state index in [1.54, 1.807) is 36.9 Å². The Morgan fingerprint density at radius 1 is 1.06 bits per heavy atom. The molecule has 3 rings (SSSR count). The number of nitrogens with zero attached hydrogens (tertiary/aromatic N) is 2. The molecule has 1 aliphatic carbocycles. The first-order chi connectivity index (χ1) is 24.5. The normalized spacial score (nSPS) is 20.4. The summed E-state index contributed by atoms with van der Waals surface area (Å²) < 4.78 is 26.2. The van der Waals surface area contributed by atoms with Gasteiger partial charge in [-0.1, -0.05) is 59.2 Å². The Balaban J connectivity index is 1.77. The molecule has 1 heterocycles. The number of benzene rings is 1. The van der Waals surface area contributed by atoms with E-state index in [0.717, 1.165) is 12.8 Å². The molecule has 13 nitrogen and oxygen atoms in total. The number of likely N-dealkylation sites (tertiary alicyclic amines) is 1. The average molecular weight is 734 g/mol. The maximum Gasteiger partial charge on any atom is 0.326 e. The molecule has 1 aromatic carbocycles. The van der Waals surface area contributed by atoms with Crippen LogP contribution in [0.4, 0.5) is 4.39 Å². The van der Waals surface area contributed by atoms with Gasteiger partial charge in [-0.05, 0) is 55.2 Å². The number of carbonyl (C=O) groups is 5. The zero-order valence-corrected chi connectivity index (χ0v) is 32.2. The van der Waals surface area contributed by atoms with Crippen LogP contribution in [0.5, 0.6) is 0 Å². The summed E-state index contributed by atoms with van der Waals surface area (Å²) in [6, 6.07) is 3.07. The van der Waals surface area contributed by atoms with E-state index in [1.807, 2.05) is 27.7 Å². The van der Waals surface area contributed by atoms with Gasteiger partial charge in [0.25, 0.3) is 0 Å². The first-order valence-corrected chi connectivity index (χ1v) is 18.4. The summed E-state index contributed by atoms with van der Waals surface area (Å²) in [5.41, 5.74) is 0.0930. The number of ether oxygens (including phenoxy) is 2. The largest absolute Gasteiger partial charge is 0.480 e. The molecule has 0 unspecified atom stereocenters. The van der Waals surface area contributed by atoms with E-state index in [4.69, 9.17) is 9.47 Å². The molecule has 292 valence electrons. The van der Waals surface area contributed by atoms with Crippen LogP contribution in [0.2, 0.25) is 0 Å². The van der Waals surface area contributed by atoms with Crippen LogP contribution in [-0.2, 0) is 39.9 Å². The average Bonchev–Trinajstić information content (AvgIpc) is 3.77. The quantitative estimate of drug-likeness (QED) is 0.158. The van der Waals surface area contributed by atoms with Gasteiger partial charge in [0.2, 0.25) is 23.6 Å². The minimum absolute atomic E-state index is 0.0288. The third kappa shape index (κ3) is 10.5. The highest BCUT2D eigenvalue weighted by atomic mass is 19.1. The van der Waals surface area contributed by atoms with Gasteiger partial charge in [-0.2, -0.15) is 0 Å². The Bertz CT molecular complexity index is 1410. The minimum Gasteiger partial charge on any atom is -0.480 e. The van der Waals surface area contributed by atoms with Crippen molar-refractivity contribution >= 4 is 29.6 Å². The fourth-order valence-electron chi connectivity index (χ4n) is 7.64. The van der Waals surface area contributed by atoms with Crippen LogP contribution in [0.1, 0.15) is 72.3 Å². The smallest absolute Gasteiger partial charge is 0.326 e. The van der Waals surface area contributed by atoms with Gasteiger partial charge >= 0.3 is 5.97 Å².